The number of nitrogens with two attached hydrogens (primary N) is 1. The van der Waals surface area contributed by atoms with Gasteiger partial charge < -0.3 is 10.6 Å². The predicted octanol–water partition coefficient (Wildman–Crippen LogP) is 3.06. The maximum absolute atomic E-state index is 12.8. The van der Waals surface area contributed by atoms with Crippen molar-refractivity contribution < 1.29 is 13.2 Å². The first-order chi connectivity index (χ1) is 9.69. The Morgan fingerprint density at radius 2 is 2.05 bits per heavy atom. The van der Waals surface area contributed by atoms with E-state index in [1.54, 1.807) is 13.8 Å². The summed E-state index contributed by atoms with van der Waals surface area (Å²) in [5.74, 6) is 0.381. The van der Waals surface area contributed by atoms with Gasteiger partial charge in [0.25, 0.3) is 0 Å². The molecule has 1 atom stereocenters. The molecule has 0 spiro atoms. The number of alkyl halides is 3. The van der Waals surface area contributed by atoms with Gasteiger partial charge in [0, 0.05) is 30.1 Å². The molecule has 2 N–H and O–H groups in total. The third kappa shape index (κ3) is 3.68. The van der Waals surface area contributed by atoms with Crippen LogP contribution in [-0.4, -0.2) is 34.2 Å². The Labute approximate surface area is 125 Å². The summed E-state index contributed by atoms with van der Waals surface area (Å²) < 4.78 is 40.3. The molecule has 2 heterocycles. The fourth-order valence-electron chi connectivity index (χ4n) is 2.24. The topological polar surface area (TPSA) is 46.6 Å². The van der Waals surface area contributed by atoms with Crippen LogP contribution in [0.25, 0.3) is 4.96 Å². The van der Waals surface area contributed by atoms with Crippen molar-refractivity contribution in [2.75, 3.05) is 11.4 Å². The summed E-state index contributed by atoms with van der Waals surface area (Å²) in [5, 5.41) is 1.86. The summed E-state index contributed by atoms with van der Waals surface area (Å²) in [6.07, 6.45) is -1.97. The highest BCUT2D eigenvalue weighted by Crippen LogP contribution is 2.29. The third-order valence-electron chi connectivity index (χ3n) is 3.10. The molecular weight excluding hydrogens is 301 g/mol. The maximum atomic E-state index is 12.8. The molecule has 0 aliphatic carbocycles. The van der Waals surface area contributed by atoms with Crippen LogP contribution in [-0.2, 0) is 6.42 Å². The molecule has 2 aromatic rings. The largest absolute Gasteiger partial charge is 0.405 e. The number of rotatable bonds is 5. The van der Waals surface area contributed by atoms with Crippen molar-refractivity contribution in [2.45, 2.75) is 45.5 Å². The lowest BCUT2D eigenvalue weighted by Gasteiger charge is -2.29. The standard InChI is InChI=1S/C13H19F3N4S/c1-8(2)20(7-13(14,15)16)11-10(6-9(3)17)19-4-5-21-12(19)18-11/h4-5,8-9H,6-7,17H2,1-3H3. The Morgan fingerprint density at radius 3 is 2.57 bits per heavy atom. The van der Waals surface area contributed by atoms with Gasteiger partial charge >= 0.3 is 6.18 Å². The Kier molecular flexibility index (Phi) is 4.48. The van der Waals surface area contributed by atoms with Gasteiger partial charge in [0.2, 0.25) is 0 Å². The Morgan fingerprint density at radius 1 is 1.38 bits per heavy atom. The van der Waals surface area contributed by atoms with Crippen LogP contribution in [0.5, 0.6) is 0 Å². The average molecular weight is 320 g/mol. The molecule has 0 bridgehead atoms. The molecule has 8 heteroatoms. The van der Waals surface area contributed by atoms with E-state index in [9.17, 15) is 13.2 Å². The number of fused-ring (bicyclic) bond motifs is 1. The minimum absolute atomic E-state index is 0.150. The highest BCUT2D eigenvalue weighted by molar-refractivity contribution is 7.15. The first-order valence-corrected chi connectivity index (χ1v) is 7.60. The number of thiazole rings is 1. The number of hydrogen-bond donors (Lipinski definition) is 1. The molecule has 118 valence electrons. The van der Waals surface area contributed by atoms with Crippen molar-refractivity contribution in [3.63, 3.8) is 0 Å². The quantitative estimate of drug-likeness (QED) is 0.921. The van der Waals surface area contributed by atoms with Crippen molar-refractivity contribution >= 4 is 22.1 Å². The molecule has 2 aromatic heterocycles. The molecule has 0 aliphatic heterocycles. The van der Waals surface area contributed by atoms with Crippen LogP contribution in [0.1, 0.15) is 26.5 Å². The van der Waals surface area contributed by atoms with E-state index < -0.39 is 12.7 Å². The smallest absolute Gasteiger partial charge is 0.344 e. The highest BCUT2D eigenvalue weighted by atomic mass is 32.1. The van der Waals surface area contributed by atoms with E-state index in [4.69, 9.17) is 5.73 Å². The third-order valence-corrected chi connectivity index (χ3v) is 3.86. The first kappa shape index (κ1) is 16.1. The molecular formula is C13H19F3N4S. The van der Waals surface area contributed by atoms with Gasteiger partial charge in [-0.3, -0.25) is 4.40 Å². The van der Waals surface area contributed by atoms with Gasteiger partial charge in [0.1, 0.15) is 6.54 Å². The van der Waals surface area contributed by atoms with E-state index in [2.05, 4.69) is 4.98 Å². The maximum Gasteiger partial charge on any atom is 0.405 e. The molecule has 0 fully saturated rings. The van der Waals surface area contributed by atoms with Gasteiger partial charge in [0.05, 0.1) is 5.69 Å². The number of nitrogens with zero attached hydrogens (tertiary/aromatic N) is 3. The zero-order chi connectivity index (χ0) is 15.8. The number of halogens is 3. The minimum Gasteiger partial charge on any atom is -0.344 e. The molecule has 1 unspecified atom stereocenters. The summed E-state index contributed by atoms with van der Waals surface area (Å²) >= 11 is 1.40. The lowest BCUT2D eigenvalue weighted by atomic mass is 10.1. The summed E-state index contributed by atoms with van der Waals surface area (Å²) in [7, 11) is 0. The van der Waals surface area contributed by atoms with Crippen LogP contribution in [0, 0.1) is 0 Å². The number of aromatic nitrogens is 2. The fourth-order valence-corrected chi connectivity index (χ4v) is 2.97. The van der Waals surface area contributed by atoms with Gasteiger partial charge in [-0.15, -0.1) is 11.3 Å². The second-order valence-electron chi connectivity index (χ2n) is 5.46. The van der Waals surface area contributed by atoms with Gasteiger partial charge in [-0.05, 0) is 20.8 Å². The molecule has 0 aromatic carbocycles. The van der Waals surface area contributed by atoms with E-state index in [0.29, 0.717) is 17.2 Å². The summed E-state index contributed by atoms with van der Waals surface area (Å²) in [6.45, 7) is 4.28. The van der Waals surface area contributed by atoms with Gasteiger partial charge in [0.15, 0.2) is 10.8 Å². The lowest BCUT2D eigenvalue weighted by Crippen LogP contribution is -2.40. The lowest BCUT2D eigenvalue weighted by molar-refractivity contribution is -0.120. The van der Waals surface area contributed by atoms with E-state index in [0.717, 1.165) is 5.69 Å². The molecule has 2 rings (SSSR count). The van der Waals surface area contributed by atoms with Crippen molar-refractivity contribution in [1.29, 1.82) is 0 Å². The SMILES string of the molecule is CC(N)Cc1c(N(CC(F)(F)F)C(C)C)nc2sccn12. The van der Waals surface area contributed by atoms with Crippen LogP contribution in [0.3, 0.4) is 0 Å². The summed E-state index contributed by atoms with van der Waals surface area (Å²) in [6, 6.07) is -0.452. The van der Waals surface area contributed by atoms with Gasteiger partial charge in [-0.2, -0.15) is 13.2 Å². The Balaban J connectivity index is 2.48. The van der Waals surface area contributed by atoms with E-state index in [1.807, 2.05) is 22.9 Å². The van der Waals surface area contributed by atoms with Gasteiger partial charge in [-0.25, -0.2) is 4.98 Å². The zero-order valence-corrected chi connectivity index (χ0v) is 13.0. The van der Waals surface area contributed by atoms with Crippen molar-refractivity contribution in [1.82, 2.24) is 9.38 Å². The molecule has 0 radical (unpaired) electrons. The van der Waals surface area contributed by atoms with Crippen molar-refractivity contribution in [3.05, 3.63) is 17.3 Å². The van der Waals surface area contributed by atoms with E-state index in [1.165, 1.54) is 16.2 Å². The van der Waals surface area contributed by atoms with Crippen molar-refractivity contribution in [2.24, 2.45) is 5.73 Å². The monoisotopic (exact) mass is 320 g/mol. The summed E-state index contributed by atoms with van der Waals surface area (Å²) in [5.41, 5.74) is 6.57. The number of imidazole rings is 1. The van der Waals surface area contributed by atoms with Crippen LogP contribution in [0.2, 0.25) is 0 Å². The summed E-state index contributed by atoms with van der Waals surface area (Å²) in [4.78, 5) is 6.36. The Hall–Kier alpha value is -1.28. The van der Waals surface area contributed by atoms with Crippen LogP contribution in [0.4, 0.5) is 19.0 Å². The number of hydrogen-bond acceptors (Lipinski definition) is 4. The molecule has 0 saturated heterocycles. The molecule has 0 saturated carbocycles. The zero-order valence-electron chi connectivity index (χ0n) is 12.2. The molecule has 4 nitrogen and oxygen atoms in total. The molecule has 0 amide bonds. The number of anilines is 1. The predicted molar refractivity (Wildman–Crippen MR) is 79.0 cm³/mol. The van der Waals surface area contributed by atoms with Gasteiger partial charge in [-0.1, -0.05) is 0 Å². The minimum atomic E-state index is -4.27. The molecule has 0 aliphatic rings. The van der Waals surface area contributed by atoms with E-state index in [-0.39, 0.29) is 12.1 Å². The normalized spacial score (nSPS) is 14.1. The average Bonchev–Trinajstić information content (AvgIpc) is 2.87. The Bertz CT molecular complexity index is 600. The second kappa shape index (κ2) is 5.84. The first-order valence-electron chi connectivity index (χ1n) is 6.72. The van der Waals surface area contributed by atoms with Crippen LogP contribution in [0.15, 0.2) is 11.6 Å². The van der Waals surface area contributed by atoms with Crippen LogP contribution < -0.4 is 10.6 Å². The van der Waals surface area contributed by atoms with Crippen molar-refractivity contribution in [3.8, 4) is 0 Å². The second-order valence-corrected chi connectivity index (χ2v) is 6.33. The highest BCUT2D eigenvalue weighted by Gasteiger charge is 2.34. The van der Waals surface area contributed by atoms with Crippen LogP contribution >= 0.6 is 11.3 Å². The van der Waals surface area contributed by atoms with E-state index >= 15 is 0 Å². The molecule has 21 heavy (non-hydrogen) atoms. The fraction of sp³-hybridized carbons (Fsp3) is 0.615.